The van der Waals surface area contributed by atoms with E-state index in [-0.39, 0.29) is 17.8 Å². The molecule has 0 fully saturated rings. The lowest BCUT2D eigenvalue weighted by Gasteiger charge is -2.33. The Morgan fingerprint density at radius 2 is 1.93 bits per heavy atom. The first kappa shape index (κ1) is 16.9. The largest absolute Gasteiger partial charge is 0.327 e. The van der Waals surface area contributed by atoms with Gasteiger partial charge in [-0.05, 0) is 31.2 Å². The van der Waals surface area contributed by atoms with Crippen LogP contribution in [0.5, 0.6) is 0 Å². The molecule has 10 heteroatoms. The second-order valence-corrected chi connectivity index (χ2v) is 7.40. The Bertz CT molecular complexity index is 1150. The standard InChI is InChI=1S/C18H14FN7OS/c1-10-14-23-24-15(17-22-13-16(28-17)21-7-6-20-13)26(14)9-8-25(10)18(27)11-2-4-12(19)5-3-11/h2-7,10H,8-9H2,1H3/t10-/m1/s1. The van der Waals surface area contributed by atoms with Crippen molar-refractivity contribution >= 4 is 27.7 Å². The van der Waals surface area contributed by atoms with Gasteiger partial charge in [0, 0.05) is 31.0 Å². The highest BCUT2D eigenvalue weighted by atomic mass is 32.1. The Kier molecular flexibility index (Phi) is 3.86. The highest BCUT2D eigenvalue weighted by Gasteiger charge is 2.32. The van der Waals surface area contributed by atoms with Crippen molar-refractivity contribution in [2.24, 2.45) is 0 Å². The van der Waals surface area contributed by atoms with E-state index in [0.29, 0.717) is 41.0 Å². The van der Waals surface area contributed by atoms with Crippen LogP contribution in [-0.4, -0.2) is 47.1 Å². The van der Waals surface area contributed by atoms with Crippen molar-refractivity contribution in [3.05, 3.63) is 53.9 Å². The molecule has 28 heavy (non-hydrogen) atoms. The minimum Gasteiger partial charge on any atom is -0.327 e. The van der Waals surface area contributed by atoms with Gasteiger partial charge in [0.15, 0.2) is 27.1 Å². The molecular weight excluding hydrogens is 381 g/mol. The number of halogens is 1. The normalized spacial score (nSPS) is 16.4. The van der Waals surface area contributed by atoms with E-state index in [1.165, 1.54) is 35.6 Å². The van der Waals surface area contributed by atoms with Crippen LogP contribution >= 0.6 is 11.3 Å². The van der Waals surface area contributed by atoms with Gasteiger partial charge in [0.2, 0.25) is 0 Å². The number of carbonyl (C=O) groups is 1. The molecule has 0 spiro atoms. The van der Waals surface area contributed by atoms with Crippen molar-refractivity contribution in [1.29, 1.82) is 0 Å². The first-order valence-corrected chi connectivity index (χ1v) is 9.51. The lowest BCUT2D eigenvalue weighted by molar-refractivity contribution is 0.0638. The Hall–Kier alpha value is -3.27. The molecule has 0 aliphatic carbocycles. The predicted molar refractivity (Wildman–Crippen MR) is 100 cm³/mol. The molecule has 5 rings (SSSR count). The average Bonchev–Trinajstić information content (AvgIpc) is 3.32. The van der Waals surface area contributed by atoms with Crippen molar-refractivity contribution in [3.8, 4) is 10.8 Å². The van der Waals surface area contributed by atoms with Gasteiger partial charge in [0.1, 0.15) is 5.82 Å². The molecule has 0 radical (unpaired) electrons. The maximum atomic E-state index is 13.1. The highest BCUT2D eigenvalue weighted by molar-refractivity contribution is 7.21. The van der Waals surface area contributed by atoms with E-state index in [9.17, 15) is 9.18 Å². The summed E-state index contributed by atoms with van der Waals surface area (Å²) in [7, 11) is 0. The molecule has 0 unspecified atom stereocenters. The number of carbonyl (C=O) groups excluding carboxylic acids is 1. The van der Waals surface area contributed by atoms with Gasteiger partial charge >= 0.3 is 0 Å². The topological polar surface area (TPSA) is 89.7 Å². The summed E-state index contributed by atoms with van der Waals surface area (Å²) in [6.07, 6.45) is 3.23. The van der Waals surface area contributed by atoms with Crippen LogP contribution in [0.25, 0.3) is 21.3 Å². The fourth-order valence-corrected chi connectivity index (χ4v) is 4.21. The van der Waals surface area contributed by atoms with Gasteiger partial charge in [0.25, 0.3) is 5.91 Å². The summed E-state index contributed by atoms with van der Waals surface area (Å²) in [5.41, 5.74) is 1.03. The summed E-state index contributed by atoms with van der Waals surface area (Å²) in [6, 6.07) is 5.31. The number of rotatable bonds is 2. The molecule has 1 aliphatic rings. The van der Waals surface area contributed by atoms with E-state index >= 15 is 0 Å². The molecule has 0 saturated heterocycles. The SMILES string of the molecule is C[C@@H]1c2nnc(-c3nc4nccnc4s3)n2CCN1C(=O)c1ccc(F)cc1. The molecule has 0 bridgehead atoms. The molecule has 140 valence electrons. The first-order valence-electron chi connectivity index (χ1n) is 8.69. The minimum absolute atomic E-state index is 0.156. The number of fused-ring (bicyclic) bond motifs is 2. The van der Waals surface area contributed by atoms with Crippen LogP contribution in [0.1, 0.15) is 29.1 Å². The summed E-state index contributed by atoms with van der Waals surface area (Å²) in [6.45, 7) is 2.95. The van der Waals surface area contributed by atoms with E-state index in [1.54, 1.807) is 17.3 Å². The molecule has 8 nitrogen and oxygen atoms in total. The summed E-state index contributed by atoms with van der Waals surface area (Å²) in [5.74, 6) is 0.821. The quantitative estimate of drug-likeness (QED) is 0.518. The maximum Gasteiger partial charge on any atom is 0.254 e. The van der Waals surface area contributed by atoms with Gasteiger partial charge in [0.05, 0.1) is 6.04 Å². The predicted octanol–water partition coefficient (Wildman–Crippen LogP) is 2.70. The van der Waals surface area contributed by atoms with Crippen LogP contribution in [0.4, 0.5) is 4.39 Å². The number of hydrogen-bond donors (Lipinski definition) is 0. The molecular formula is C18H14FN7OS. The Balaban J connectivity index is 1.47. The van der Waals surface area contributed by atoms with Gasteiger partial charge in [-0.25, -0.2) is 19.3 Å². The summed E-state index contributed by atoms with van der Waals surface area (Å²) < 4.78 is 15.1. The van der Waals surface area contributed by atoms with Crippen LogP contribution < -0.4 is 0 Å². The van der Waals surface area contributed by atoms with Crippen molar-refractivity contribution in [1.82, 2.24) is 34.6 Å². The van der Waals surface area contributed by atoms with Crippen molar-refractivity contribution in [2.45, 2.75) is 19.5 Å². The lowest BCUT2D eigenvalue weighted by atomic mass is 10.1. The molecule has 3 aromatic heterocycles. The lowest BCUT2D eigenvalue weighted by Crippen LogP contribution is -2.41. The number of benzene rings is 1. The second kappa shape index (κ2) is 6.41. The van der Waals surface area contributed by atoms with E-state index < -0.39 is 0 Å². The summed E-state index contributed by atoms with van der Waals surface area (Å²) >= 11 is 1.41. The summed E-state index contributed by atoms with van der Waals surface area (Å²) in [4.78, 5) is 28.3. The fraction of sp³-hybridized carbons (Fsp3) is 0.222. The molecule has 0 N–H and O–H groups in total. The van der Waals surface area contributed by atoms with E-state index in [0.717, 1.165) is 4.83 Å². The van der Waals surface area contributed by atoms with Gasteiger partial charge in [-0.2, -0.15) is 0 Å². The molecule has 1 amide bonds. The molecule has 0 saturated carbocycles. The second-order valence-electron chi connectivity index (χ2n) is 6.42. The van der Waals surface area contributed by atoms with Gasteiger partial charge < -0.3 is 9.47 Å². The zero-order chi connectivity index (χ0) is 19.3. The van der Waals surface area contributed by atoms with Crippen LogP contribution in [0.3, 0.4) is 0 Å². The van der Waals surface area contributed by atoms with E-state index in [1.807, 2.05) is 11.5 Å². The monoisotopic (exact) mass is 395 g/mol. The third-order valence-electron chi connectivity index (χ3n) is 4.78. The zero-order valence-electron chi connectivity index (χ0n) is 14.8. The van der Waals surface area contributed by atoms with Crippen LogP contribution in [-0.2, 0) is 6.54 Å². The van der Waals surface area contributed by atoms with Crippen molar-refractivity contribution < 1.29 is 9.18 Å². The van der Waals surface area contributed by atoms with Gasteiger partial charge in [-0.3, -0.25) is 4.79 Å². The molecule has 4 aromatic rings. The zero-order valence-corrected chi connectivity index (χ0v) is 15.6. The van der Waals surface area contributed by atoms with E-state index in [4.69, 9.17) is 0 Å². The minimum atomic E-state index is -0.368. The van der Waals surface area contributed by atoms with Crippen molar-refractivity contribution in [2.75, 3.05) is 6.54 Å². The Morgan fingerprint density at radius 3 is 2.71 bits per heavy atom. The molecule has 1 aromatic carbocycles. The van der Waals surface area contributed by atoms with Crippen LogP contribution in [0.15, 0.2) is 36.7 Å². The Labute approximate surface area is 162 Å². The van der Waals surface area contributed by atoms with Gasteiger partial charge in [-0.1, -0.05) is 11.3 Å². The Morgan fingerprint density at radius 1 is 1.14 bits per heavy atom. The van der Waals surface area contributed by atoms with Gasteiger partial charge in [-0.15, -0.1) is 10.2 Å². The fourth-order valence-electron chi connectivity index (χ4n) is 3.35. The number of hydrogen-bond acceptors (Lipinski definition) is 7. The smallest absolute Gasteiger partial charge is 0.254 e. The third kappa shape index (κ3) is 2.64. The van der Waals surface area contributed by atoms with Crippen molar-refractivity contribution in [3.63, 3.8) is 0 Å². The molecule has 1 aliphatic heterocycles. The number of aromatic nitrogens is 6. The van der Waals surface area contributed by atoms with Crippen LogP contribution in [0.2, 0.25) is 0 Å². The van der Waals surface area contributed by atoms with E-state index in [2.05, 4.69) is 25.1 Å². The number of thiazole rings is 1. The highest BCUT2D eigenvalue weighted by Crippen LogP contribution is 2.32. The number of amides is 1. The summed E-state index contributed by atoms with van der Waals surface area (Å²) in [5, 5.41) is 9.32. The molecule has 1 atom stereocenters. The molecule has 4 heterocycles. The first-order chi connectivity index (χ1) is 13.6. The average molecular weight is 395 g/mol. The maximum absolute atomic E-state index is 13.1. The third-order valence-corrected chi connectivity index (χ3v) is 5.72. The van der Waals surface area contributed by atoms with Crippen LogP contribution in [0, 0.1) is 5.82 Å². The number of nitrogens with zero attached hydrogens (tertiary/aromatic N) is 7.